The third-order valence-corrected chi connectivity index (χ3v) is 3.65. The maximum atomic E-state index is 11.8. The fraction of sp³-hybridized carbons (Fsp3) is 0.263. The first-order chi connectivity index (χ1) is 11.5. The van der Waals surface area contributed by atoms with Crippen molar-refractivity contribution in [2.75, 3.05) is 19.4 Å². The molecule has 0 aliphatic carbocycles. The van der Waals surface area contributed by atoms with Crippen LogP contribution in [0.4, 0.5) is 5.69 Å². The average Bonchev–Trinajstić information content (AvgIpc) is 2.60. The van der Waals surface area contributed by atoms with Crippen LogP contribution in [0.15, 0.2) is 53.5 Å². The van der Waals surface area contributed by atoms with Gasteiger partial charge in [0, 0.05) is 25.3 Å². The lowest BCUT2D eigenvalue weighted by Gasteiger charge is -2.10. The minimum atomic E-state index is -0.0120. The Balaban J connectivity index is 1.98. The quantitative estimate of drug-likeness (QED) is 0.656. The first-order valence-corrected chi connectivity index (χ1v) is 7.96. The molecule has 0 spiro atoms. The third kappa shape index (κ3) is 4.84. The zero-order chi connectivity index (χ0) is 17.5. The summed E-state index contributed by atoms with van der Waals surface area (Å²) in [6.45, 7) is 2.57. The average molecular weight is 324 g/mol. The maximum absolute atomic E-state index is 11.8. The fourth-order valence-electron chi connectivity index (χ4n) is 2.24. The van der Waals surface area contributed by atoms with Crippen molar-refractivity contribution in [2.24, 2.45) is 10.7 Å². The monoisotopic (exact) mass is 324 g/mol. The number of guanidine groups is 1. The lowest BCUT2D eigenvalue weighted by atomic mass is 10.1. The van der Waals surface area contributed by atoms with E-state index in [1.165, 1.54) is 5.56 Å². The Hall–Kier alpha value is -2.82. The van der Waals surface area contributed by atoms with E-state index in [4.69, 9.17) is 5.73 Å². The van der Waals surface area contributed by atoms with E-state index >= 15 is 0 Å². The zero-order valence-electron chi connectivity index (χ0n) is 14.4. The van der Waals surface area contributed by atoms with Crippen LogP contribution in [-0.4, -0.2) is 30.9 Å². The van der Waals surface area contributed by atoms with Crippen molar-refractivity contribution in [2.45, 2.75) is 19.9 Å². The van der Waals surface area contributed by atoms with Gasteiger partial charge in [-0.1, -0.05) is 31.2 Å². The number of amides is 1. The molecule has 0 aliphatic rings. The molecule has 0 saturated heterocycles. The molecule has 0 atom stereocenters. The Labute approximate surface area is 143 Å². The summed E-state index contributed by atoms with van der Waals surface area (Å²) in [6.07, 6.45) is 0.977. The molecule has 0 aliphatic heterocycles. The molecule has 5 nitrogen and oxygen atoms in total. The highest BCUT2D eigenvalue weighted by Crippen LogP contribution is 2.11. The second-order valence-electron chi connectivity index (χ2n) is 5.78. The zero-order valence-corrected chi connectivity index (χ0v) is 14.4. The molecule has 24 heavy (non-hydrogen) atoms. The van der Waals surface area contributed by atoms with Crippen LogP contribution >= 0.6 is 0 Å². The van der Waals surface area contributed by atoms with Gasteiger partial charge in [0.2, 0.25) is 0 Å². The van der Waals surface area contributed by atoms with E-state index in [1.54, 1.807) is 19.0 Å². The number of aliphatic imine (C=N–C) groups is 1. The van der Waals surface area contributed by atoms with Crippen molar-refractivity contribution in [1.82, 2.24) is 4.90 Å². The van der Waals surface area contributed by atoms with Crippen LogP contribution in [0.5, 0.6) is 0 Å². The van der Waals surface area contributed by atoms with E-state index in [1.807, 2.05) is 36.4 Å². The van der Waals surface area contributed by atoms with Crippen LogP contribution in [0, 0.1) is 0 Å². The molecule has 3 N–H and O–H groups in total. The Bertz CT molecular complexity index is 720. The van der Waals surface area contributed by atoms with Crippen LogP contribution in [-0.2, 0) is 13.0 Å². The molecule has 0 saturated carbocycles. The SMILES string of the molecule is CCc1cccc(NC(N)=NCc2ccc(C(=O)N(C)C)cc2)c1. The number of nitrogens with two attached hydrogens (primary N) is 1. The second kappa shape index (κ2) is 8.15. The van der Waals surface area contributed by atoms with Gasteiger partial charge in [-0.15, -0.1) is 0 Å². The van der Waals surface area contributed by atoms with Gasteiger partial charge in [0.1, 0.15) is 0 Å². The minimum absolute atomic E-state index is 0.0120. The number of hydrogen-bond donors (Lipinski definition) is 2. The smallest absolute Gasteiger partial charge is 0.253 e. The summed E-state index contributed by atoms with van der Waals surface area (Å²) in [5.41, 5.74) is 9.78. The molecule has 0 bridgehead atoms. The molecule has 0 aromatic heterocycles. The Morgan fingerprint density at radius 3 is 2.46 bits per heavy atom. The molecule has 0 radical (unpaired) electrons. The highest BCUT2D eigenvalue weighted by Gasteiger charge is 2.06. The second-order valence-corrected chi connectivity index (χ2v) is 5.78. The highest BCUT2D eigenvalue weighted by molar-refractivity contribution is 5.94. The number of hydrogen-bond acceptors (Lipinski definition) is 2. The number of anilines is 1. The van der Waals surface area contributed by atoms with Crippen molar-refractivity contribution in [1.29, 1.82) is 0 Å². The van der Waals surface area contributed by atoms with E-state index in [-0.39, 0.29) is 5.91 Å². The van der Waals surface area contributed by atoms with E-state index < -0.39 is 0 Å². The van der Waals surface area contributed by atoms with Gasteiger partial charge in [0.25, 0.3) is 5.91 Å². The van der Waals surface area contributed by atoms with Crippen molar-refractivity contribution in [3.8, 4) is 0 Å². The molecule has 2 aromatic rings. The van der Waals surface area contributed by atoms with Crippen LogP contribution in [0.2, 0.25) is 0 Å². The molecular formula is C19H24N4O. The van der Waals surface area contributed by atoms with Crippen LogP contribution in [0.25, 0.3) is 0 Å². The van der Waals surface area contributed by atoms with Crippen LogP contribution in [0.3, 0.4) is 0 Å². The van der Waals surface area contributed by atoms with Gasteiger partial charge in [-0.3, -0.25) is 4.79 Å². The summed E-state index contributed by atoms with van der Waals surface area (Å²) in [4.78, 5) is 17.7. The van der Waals surface area contributed by atoms with Gasteiger partial charge >= 0.3 is 0 Å². The maximum Gasteiger partial charge on any atom is 0.253 e. The van der Waals surface area contributed by atoms with Crippen LogP contribution in [0.1, 0.15) is 28.4 Å². The van der Waals surface area contributed by atoms with Gasteiger partial charge in [0.15, 0.2) is 5.96 Å². The van der Waals surface area contributed by atoms with Gasteiger partial charge in [-0.2, -0.15) is 0 Å². The number of nitrogens with one attached hydrogen (secondary N) is 1. The predicted octanol–water partition coefficient (Wildman–Crippen LogP) is 2.88. The van der Waals surface area contributed by atoms with Crippen molar-refractivity contribution >= 4 is 17.6 Å². The number of carbonyl (C=O) groups excluding carboxylic acids is 1. The predicted molar refractivity (Wildman–Crippen MR) is 99.2 cm³/mol. The van der Waals surface area contributed by atoms with Gasteiger partial charge in [-0.25, -0.2) is 4.99 Å². The standard InChI is InChI=1S/C19H24N4O/c1-4-14-6-5-7-17(12-14)22-19(20)21-13-15-8-10-16(11-9-15)18(24)23(2)3/h5-12H,4,13H2,1-3H3,(H3,20,21,22). The lowest BCUT2D eigenvalue weighted by Crippen LogP contribution is -2.22. The molecule has 5 heteroatoms. The molecule has 2 aromatic carbocycles. The Kier molecular flexibility index (Phi) is 5.95. The summed E-state index contributed by atoms with van der Waals surface area (Å²) < 4.78 is 0. The highest BCUT2D eigenvalue weighted by atomic mass is 16.2. The number of carbonyl (C=O) groups is 1. The van der Waals surface area contributed by atoms with E-state index in [0.29, 0.717) is 18.1 Å². The molecule has 1 amide bonds. The van der Waals surface area contributed by atoms with Gasteiger partial charge in [-0.05, 0) is 41.8 Å². The minimum Gasteiger partial charge on any atom is -0.370 e. The molecule has 0 heterocycles. The first-order valence-electron chi connectivity index (χ1n) is 7.96. The third-order valence-electron chi connectivity index (χ3n) is 3.65. The van der Waals surface area contributed by atoms with Crippen molar-refractivity contribution in [3.63, 3.8) is 0 Å². The van der Waals surface area contributed by atoms with Crippen molar-refractivity contribution in [3.05, 3.63) is 65.2 Å². The molecular weight excluding hydrogens is 300 g/mol. The van der Waals surface area contributed by atoms with Crippen molar-refractivity contribution < 1.29 is 4.79 Å². The molecule has 0 unspecified atom stereocenters. The number of rotatable bonds is 5. The molecule has 2 rings (SSSR count). The largest absolute Gasteiger partial charge is 0.370 e. The fourth-order valence-corrected chi connectivity index (χ4v) is 2.24. The Morgan fingerprint density at radius 1 is 1.12 bits per heavy atom. The summed E-state index contributed by atoms with van der Waals surface area (Å²) in [6, 6.07) is 15.5. The lowest BCUT2D eigenvalue weighted by molar-refractivity contribution is 0.0827. The normalized spacial score (nSPS) is 11.2. The Morgan fingerprint density at radius 2 is 1.83 bits per heavy atom. The van der Waals surface area contributed by atoms with E-state index in [0.717, 1.165) is 17.7 Å². The summed E-state index contributed by atoms with van der Waals surface area (Å²) in [5, 5.41) is 3.10. The topological polar surface area (TPSA) is 70.7 Å². The van der Waals surface area contributed by atoms with Gasteiger partial charge in [0.05, 0.1) is 6.54 Å². The number of aryl methyl sites for hydroxylation is 1. The van der Waals surface area contributed by atoms with Crippen LogP contribution < -0.4 is 11.1 Å². The molecule has 126 valence electrons. The molecule has 0 fully saturated rings. The number of nitrogens with zero attached hydrogens (tertiary/aromatic N) is 2. The van der Waals surface area contributed by atoms with E-state index in [9.17, 15) is 4.79 Å². The summed E-state index contributed by atoms with van der Waals surface area (Å²) in [5.74, 6) is 0.360. The summed E-state index contributed by atoms with van der Waals surface area (Å²) >= 11 is 0. The van der Waals surface area contributed by atoms with Gasteiger partial charge < -0.3 is 16.0 Å². The summed E-state index contributed by atoms with van der Waals surface area (Å²) in [7, 11) is 3.47. The number of benzene rings is 2. The van der Waals surface area contributed by atoms with E-state index in [2.05, 4.69) is 29.4 Å². The first kappa shape index (κ1) is 17.5.